The van der Waals surface area contributed by atoms with E-state index in [1.165, 1.54) is 5.69 Å². The Hall–Kier alpha value is -3.83. The van der Waals surface area contributed by atoms with E-state index in [0.717, 1.165) is 24.5 Å². The molecule has 1 spiro atoms. The third-order valence-electron chi connectivity index (χ3n) is 6.60. The SMILES string of the molecule is Cc1noc(C)c1C(=O)N1CCC2(C1)c1cccn1-c1ncccc1N2CC(C)C.O=C(O)C(F)(F)F. The number of carboxylic acid groups (broad SMARTS) is 1. The van der Waals surface area contributed by atoms with Crippen molar-refractivity contribution in [1.82, 2.24) is 19.6 Å². The highest BCUT2D eigenvalue weighted by Crippen LogP contribution is 2.47. The van der Waals surface area contributed by atoms with Crippen LogP contribution in [-0.4, -0.2) is 62.4 Å². The second kappa shape index (κ2) is 9.56. The number of halogens is 3. The number of pyridine rings is 1. The van der Waals surface area contributed by atoms with Gasteiger partial charge in [-0.25, -0.2) is 9.78 Å². The third kappa shape index (κ3) is 4.67. The molecule has 3 aromatic heterocycles. The summed E-state index contributed by atoms with van der Waals surface area (Å²) in [7, 11) is 0. The Labute approximate surface area is 211 Å². The van der Waals surface area contributed by atoms with Crippen LogP contribution in [0, 0.1) is 19.8 Å². The van der Waals surface area contributed by atoms with Gasteiger partial charge in [-0.15, -0.1) is 0 Å². The maximum atomic E-state index is 13.4. The average Bonchev–Trinajstić information content (AvgIpc) is 3.56. The maximum absolute atomic E-state index is 13.4. The zero-order valence-corrected chi connectivity index (χ0v) is 20.9. The molecule has 1 amide bonds. The fourth-order valence-corrected chi connectivity index (χ4v) is 5.08. The van der Waals surface area contributed by atoms with Gasteiger partial charge in [0.1, 0.15) is 16.9 Å². The number of nitrogens with zero attached hydrogens (tertiary/aromatic N) is 5. The minimum absolute atomic E-state index is 0.00251. The van der Waals surface area contributed by atoms with E-state index in [9.17, 15) is 18.0 Å². The highest BCUT2D eigenvalue weighted by Gasteiger charge is 2.51. The number of hydrogen-bond donors (Lipinski definition) is 1. The lowest BCUT2D eigenvalue weighted by Crippen LogP contribution is -2.54. The maximum Gasteiger partial charge on any atom is 0.490 e. The van der Waals surface area contributed by atoms with Crippen LogP contribution in [0.15, 0.2) is 41.2 Å². The van der Waals surface area contributed by atoms with E-state index in [4.69, 9.17) is 14.4 Å². The molecule has 0 aliphatic carbocycles. The summed E-state index contributed by atoms with van der Waals surface area (Å²) >= 11 is 0. The smallest absolute Gasteiger partial charge is 0.475 e. The first-order valence-electron chi connectivity index (χ1n) is 11.8. The fourth-order valence-electron chi connectivity index (χ4n) is 5.08. The van der Waals surface area contributed by atoms with Gasteiger partial charge in [0, 0.05) is 32.0 Å². The molecule has 0 radical (unpaired) electrons. The molecule has 1 atom stereocenters. The van der Waals surface area contributed by atoms with Crippen molar-refractivity contribution in [3.63, 3.8) is 0 Å². The number of aliphatic carboxylic acids is 1. The minimum Gasteiger partial charge on any atom is -0.475 e. The van der Waals surface area contributed by atoms with Crippen LogP contribution in [0.25, 0.3) is 5.82 Å². The highest BCUT2D eigenvalue weighted by molar-refractivity contribution is 5.96. The number of hydrogen-bond acceptors (Lipinski definition) is 6. The van der Waals surface area contributed by atoms with Crippen molar-refractivity contribution in [2.45, 2.75) is 45.8 Å². The third-order valence-corrected chi connectivity index (χ3v) is 6.60. The van der Waals surface area contributed by atoms with Crippen molar-refractivity contribution in [2.75, 3.05) is 24.5 Å². The molecule has 1 saturated heterocycles. The van der Waals surface area contributed by atoms with Gasteiger partial charge in [-0.05, 0) is 50.5 Å². The van der Waals surface area contributed by atoms with Crippen molar-refractivity contribution in [2.24, 2.45) is 5.92 Å². The Morgan fingerprint density at radius 1 is 1.22 bits per heavy atom. The summed E-state index contributed by atoms with van der Waals surface area (Å²) in [4.78, 5) is 31.4. The van der Waals surface area contributed by atoms with Gasteiger partial charge in [-0.1, -0.05) is 19.0 Å². The Morgan fingerprint density at radius 2 is 1.92 bits per heavy atom. The van der Waals surface area contributed by atoms with Gasteiger partial charge in [0.2, 0.25) is 0 Å². The number of carboxylic acids is 1. The topological polar surface area (TPSA) is 105 Å². The van der Waals surface area contributed by atoms with Gasteiger partial charge in [-0.2, -0.15) is 13.2 Å². The van der Waals surface area contributed by atoms with E-state index < -0.39 is 12.1 Å². The average molecular weight is 520 g/mol. The highest BCUT2D eigenvalue weighted by atomic mass is 19.4. The number of anilines is 1. The molecule has 5 heterocycles. The number of aromatic nitrogens is 3. The molecular formula is C25H28F3N5O4. The summed E-state index contributed by atoms with van der Waals surface area (Å²) in [5, 5.41) is 11.1. The van der Waals surface area contributed by atoms with Gasteiger partial charge in [0.15, 0.2) is 5.82 Å². The normalized spacial score (nSPS) is 18.5. The number of likely N-dealkylation sites (tertiary alicyclic amines) is 1. The van der Waals surface area contributed by atoms with E-state index in [2.05, 4.69) is 57.9 Å². The Bertz CT molecular complexity index is 1300. The van der Waals surface area contributed by atoms with Gasteiger partial charge in [-0.3, -0.25) is 4.79 Å². The number of carbonyl (C=O) groups is 2. The zero-order chi connectivity index (χ0) is 27.1. The summed E-state index contributed by atoms with van der Waals surface area (Å²) in [6, 6.07) is 8.40. The summed E-state index contributed by atoms with van der Waals surface area (Å²) in [5.41, 5.74) is 3.29. The molecule has 0 aromatic carbocycles. The van der Waals surface area contributed by atoms with Crippen LogP contribution in [0.5, 0.6) is 0 Å². The molecule has 0 bridgehead atoms. The summed E-state index contributed by atoms with van der Waals surface area (Å²) in [6.45, 7) is 10.3. The van der Waals surface area contributed by atoms with Crippen LogP contribution in [0.2, 0.25) is 0 Å². The first kappa shape index (κ1) is 26.2. The summed E-state index contributed by atoms with van der Waals surface area (Å²) < 4.78 is 39.2. The Morgan fingerprint density at radius 3 is 2.51 bits per heavy atom. The van der Waals surface area contributed by atoms with Crippen molar-refractivity contribution >= 4 is 17.6 Å². The van der Waals surface area contributed by atoms with Gasteiger partial charge >= 0.3 is 12.1 Å². The van der Waals surface area contributed by atoms with Crippen molar-refractivity contribution < 1.29 is 32.4 Å². The summed E-state index contributed by atoms with van der Waals surface area (Å²) in [6.07, 6.45) is -0.294. The van der Waals surface area contributed by atoms with Crippen molar-refractivity contribution in [3.05, 3.63) is 59.4 Å². The lowest BCUT2D eigenvalue weighted by molar-refractivity contribution is -0.192. The monoisotopic (exact) mass is 519 g/mol. The number of aryl methyl sites for hydroxylation is 2. The van der Waals surface area contributed by atoms with Crippen molar-refractivity contribution in [3.8, 4) is 5.82 Å². The first-order valence-corrected chi connectivity index (χ1v) is 11.8. The molecule has 0 saturated carbocycles. The van der Waals surface area contributed by atoms with Crippen LogP contribution < -0.4 is 4.90 Å². The largest absolute Gasteiger partial charge is 0.490 e. The minimum atomic E-state index is -5.08. The number of fused-ring (bicyclic) bond motifs is 4. The molecular weight excluding hydrogens is 491 g/mol. The molecule has 3 aromatic rings. The molecule has 12 heteroatoms. The predicted molar refractivity (Wildman–Crippen MR) is 128 cm³/mol. The Balaban J connectivity index is 0.000000405. The van der Waals surface area contributed by atoms with E-state index >= 15 is 0 Å². The molecule has 5 rings (SSSR count). The van der Waals surface area contributed by atoms with Crippen LogP contribution in [0.1, 0.15) is 47.8 Å². The van der Waals surface area contributed by atoms with Crippen LogP contribution >= 0.6 is 0 Å². The predicted octanol–water partition coefficient (Wildman–Crippen LogP) is 4.33. The quantitative estimate of drug-likeness (QED) is 0.549. The van der Waals surface area contributed by atoms with Crippen LogP contribution in [0.3, 0.4) is 0 Å². The van der Waals surface area contributed by atoms with Gasteiger partial charge < -0.3 is 24.0 Å². The first-order chi connectivity index (χ1) is 17.4. The Kier molecular flexibility index (Phi) is 6.78. The number of alkyl halides is 3. The van der Waals surface area contributed by atoms with Gasteiger partial charge in [0.25, 0.3) is 5.91 Å². The van der Waals surface area contributed by atoms with E-state index in [1.807, 2.05) is 24.1 Å². The molecule has 198 valence electrons. The molecule has 1 fully saturated rings. The summed E-state index contributed by atoms with van der Waals surface area (Å²) in [5.74, 6) is -0.739. The molecule has 1 N–H and O–H groups in total. The van der Waals surface area contributed by atoms with E-state index in [0.29, 0.717) is 36.0 Å². The molecule has 1 unspecified atom stereocenters. The molecule has 37 heavy (non-hydrogen) atoms. The van der Waals surface area contributed by atoms with Gasteiger partial charge in [0.05, 0.1) is 17.1 Å². The molecule has 2 aliphatic heterocycles. The molecule has 9 nitrogen and oxygen atoms in total. The van der Waals surface area contributed by atoms with Crippen LogP contribution in [0.4, 0.5) is 18.9 Å². The number of carbonyl (C=O) groups excluding carboxylic acids is 1. The standard InChI is InChI=1S/C23H27N5O2.C2HF3O2/c1-15(2)13-28-18-7-5-10-24-21(18)27-11-6-8-19(27)23(28)9-12-26(14-23)22(29)20-16(3)25-30-17(20)4;3-2(4,5)1(6)7/h5-8,10-11,15H,9,12-14H2,1-4H3;(H,6,7). The number of rotatable bonds is 3. The zero-order valence-electron chi connectivity index (χ0n) is 20.9. The fraction of sp³-hybridized carbons (Fsp3) is 0.440. The number of amides is 1. The molecule has 2 aliphatic rings. The van der Waals surface area contributed by atoms with E-state index in [-0.39, 0.29) is 11.4 Å². The second-order valence-corrected chi connectivity index (χ2v) is 9.62. The lowest BCUT2D eigenvalue weighted by atomic mass is 9.88. The van der Waals surface area contributed by atoms with Crippen molar-refractivity contribution in [1.29, 1.82) is 0 Å². The lowest BCUT2D eigenvalue weighted by Gasteiger charge is -2.47. The van der Waals surface area contributed by atoms with E-state index in [1.54, 1.807) is 6.92 Å². The second-order valence-electron chi connectivity index (χ2n) is 9.62. The van der Waals surface area contributed by atoms with Crippen LogP contribution in [-0.2, 0) is 10.3 Å².